The Morgan fingerprint density at radius 1 is 1.10 bits per heavy atom. The highest BCUT2D eigenvalue weighted by atomic mass is 32.1. The summed E-state index contributed by atoms with van der Waals surface area (Å²) in [6.07, 6.45) is -0.886. The normalized spacial score (nSPS) is 19.2. The van der Waals surface area contributed by atoms with E-state index >= 15 is 0 Å². The molecule has 0 bridgehead atoms. The van der Waals surface area contributed by atoms with Gasteiger partial charge in [0.05, 0.1) is 23.3 Å². The number of aromatic nitrogens is 2. The minimum absolute atomic E-state index is 0.214. The zero-order valence-corrected chi connectivity index (χ0v) is 18.0. The molecule has 31 heavy (non-hydrogen) atoms. The van der Waals surface area contributed by atoms with Gasteiger partial charge in [0, 0.05) is 30.3 Å². The van der Waals surface area contributed by atoms with Gasteiger partial charge in [0.1, 0.15) is 0 Å². The molecule has 1 aromatic carbocycles. The Bertz CT molecular complexity index is 1060. The van der Waals surface area contributed by atoms with Crippen LogP contribution in [0.5, 0.6) is 0 Å². The third kappa shape index (κ3) is 4.30. The van der Waals surface area contributed by atoms with E-state index in [1.165, 1.54) is 12.1 Å². The predicted molar refractivity (Wildman–Crippen MR) is 118 cm³/mol. The fraction of sp³-hybridized carbons (Fsp3) is 0.304. The first kappa shape index (κ1) is 21.4. The quantitative estimate of drug-likeness (QED) is 0.526. The number of benzene rings is 1. The molecule has 2 aromatic heterocycles. The van der Waals surface area contributed by atoms with Gasteiger partial charge in [-0.25, -0.2) is 0 Å². The van der Waals surface area contributed by atoms with E-state index in [2.05, 4.69) is 29.0 Å². The SMILES string of the molecule is CC(C)CN1C(=S)N[C@H](c2ccccn2)[C@H]1c1cccn1-c1cccc(C(F)(F)F)c1. The number of thiocarbonyl (C=S) groups is 1. The van der Waals surface area contributed by atoms with Gasteiger partial charge in [-0.05, 0) is 60.6 Å². The lowest BCUT2D eigenvalue weighted by molar-refractivity contribution is -0.137. The van der Waals surface area contributed by atoms with Crippen LogP contribution in [0.25, 0.3) is 5.69 Å². The summed E-state index contributed by atoms with van der Waals surface area (Å²) in [5, 5.41) is 4.00. The molecule has 0 unspecified atom stereocenters. The van der Waals surface area contributed by atoms with Crippen molar-refractivity contribution in [3.63, 3.8) is 0 Å². The molecule has 2 atom stereocenters. The lowest BCUT2D eigenvalue weighted by Gasteiger charge is -2.30. The van der Waals surface area contributed by atoms with Crippen molar-refractivity contribution in [2.75, 3.05) is 6.54 Å². The summed E-state index contributed by atoms with van der Waals surface area (Å²) in [4.78, 5) is 6.62. The summed E-state index contributed by atoms with van der Waals surface area (Å²) in [5.41, 5.74) is 1.46. The number of nitrogens with one attached hydrogen (secondary N) is 1. The number of halogens is 3. The van der Waals surface area contributed by atoms with E-state index in [4.69, 9.17) is 12.2 Å². The van der Waals surface area contributed by atoms with Crippen molar-refractivity contribution in [2.45, 2.75) is 32.1 Å². The Hall–Kier alpha value is -2.87. The first-order chi connectivity index (χ1) is 14.8. The van der Waals surface area contributed by atoms with Crippen LogP contribution in [0, 0.1) is 5.92 Å². The molecule has 162 valence electrons. The molecule has 1 saturated heterocycles. The molecule has 4 nitrogen and oxygen atoms in total. The Kier molecular flexibility index (Phi) is 5.75. The van der Waals surface area contributed by atoms with Crippen molar-refractivity contribution in [3.05, 3.63) is 83.9 Å². The van der Waals surface area contributed by atoms with E-state index in [9.17, 15) is 13.2 Å². The Balaban J connectivity index is 1.81. The first-order valence-corrected chi connectivity index (χ1v) is 10.5. The van der Waals surface area contributed by atoms with Gasteiger partial charge in [-0.2, -0.15) is 13.2 Å². The molecule has 0 aliphatic carbocycles. The molecule has 1 aliphatic rings. The molecule has 4 rings (SSSR count). The van der Waals surface area contributed by atoms with E-state index < -0.39 is 11.7 Å². The Morgan fingerprint density at radius 2 is 1.90 bits per heavy atom. The molecule has 1 aliphatic heterocycles. The van der Waals surface area contributed by atoms with Gasteiger partial charge in [-0.1, -0.05) is 26.0 Å². The molecule has 3 aromatic rings. The van der Waals surface area contributed by atoms with Gasteiger partial charge in [-0.3, -0.25) is 4.98 Å². The van der Waals surface area contributed by atoms with Crippen LogP contribution >= 0.6 is 12.2 Å². The molecule has 0 saturated carbocycles. The predicted octanol–water partition coefficient (Wildman–Crippen LogP) is 5.52. The summed E-state index contributed by atoms with van der Waals surface area (Å²) in [6.45, 7) is 4.94. The maximum atomic E-state index is 13.3. The first-order valence-electron chi connectivity index (χ1n) is 10.1. The molecule has 0 amide bonds. The van der Waals surface area contributed by atoms with E-state index in [0.717, 1.165) is 17.5 Å². The van der Waals surface area contributed by atoms with Gasteiger partial charge in [0.2, 0.25) is 0 Å². The summed E-state index contributed by atoms with van der Waals surface area (Å²) in [5.74, 6) is 0.349. The molecule has 8 heteroatoms. The van der Waals surface area contributed by atoms with Gasteiger partial charge in [0.25, 0.3) is 0 Å². The summed E-state index contributed by atoms with van der Waals surface area (Å²) < 4.78 is 41.7. The number of rotatable bonds is 5. The van der Waals surface area contributed by atoms with Crippen molar-refractivity contribution in [2.24, 2.45) is 5.92 Å². The minimum Gasteiger partial charge on any atom is -0.352 e. The average Bonchev–Trinajstić information content (AvgIpc) is 3.33. The lowest BCUT2D eigenvalue weighted by Crippen LogP contribution is -2.33. The number of nitrogens with zero attached hydrogens (tertiary/aromatic N) is 3. The van der Waals surface area contributed by atoms with E-state index in [1.54, 1.807) is 23.0 Å². The van der Waals surface area contributed by atoms with Gasteiger partial charge < -0.3 is 14.8 Å². The third-order valence-corrected chi connectivity index (χ3v) is 5.65. The Morgan fingerprint density at radius 3 is 2.58 bits per heavy atom. The van der Waals surface area contributed by atoms with Crippen molar-refractivity contribution in [3.8, 4) is 5.69 Å². The molecule has 1 fully saturated rings. The zero-order valence-electron chi connectivity index (χ0n) is 17.2. The van der Waals surface area contributed by atoms with Gasteiger partial charge >= 0.3 is 6.18 Å². The van der Waals surface area contributed by atoms with Gasteiger partial charge in [0.15, 0.2) is 5.11 Å². The fourth-order valence-electron chi connectivity index (χ4n) is 4.02. The van der Waals surface area contributed by atoms with E-state index in [1.807, 2.05) is 30.3 Å². The second-order valence-corrected chi connectivity index (χ2v) is 8.41. The number of hydrogen-bond donors (Lipinski definition) is 1. The average molecular weight is 445 g/mol. The van der Waals surface area contributed by atoms with Crippen molar-refractivity contribution >= 4 is 17.3 Å². The fourth-order valence-corrected chi connectivity index (χ4v) is 4.33. The summed E-state index contributed by atoms with van der Waals surface area (Å²) in [6, 6.07) is 14.4. The van der Waals surface area contributed by atoms with Crippen LogP contribution in [0.3, 0.4) is 0 Å². The molecular formula is C23H23F3N4S. The van der Waals surface area contributed by atoms with Crippen molar-refractivity contribution in [1.29, 1.82) is 0 Å². The standard InChI is InChI=1S/C23H23F3N4S/c1-15(2)14-30-21(20(28-22(30)31)18-9-3-4-11-27-18)19-10-6-12-29(19)17-8-5-7-16(13-17)23(24,25)26/h3-13,15,20-21H,14H2,1-2H3,(H,28,31)/t20-,21-/m1/s1. The summed E-state index contributed by atoms with van der Waals surface area (Å²) >= 11 is 5.65. The lowest BCUT2D eigenvalue weighted by atomic mass is 10.0. The molecule has 3 heterocycles. The van der Waals surface area contributed by atoms with Crippen LogP contribution in [-0.4, -0.2) is 26.1 Å². The van der Waals surface area contributed by atoms with Crippen LogP contribution in [0.1, 0.15) is 42.9 Å². The highest BCUT2D eigenvalue weighted by Gasteiger charge is 2.41. The van der Waals surface area contributed by atoms with Crippen molar-refractivity contribution in [1.82, 2.24) is 19.8 Å². The maximum absolute atomic E-state index is 13.3. The third-order valence-electron chi connectivity index (χ3n) is 5.29. The number of alkyl halides is 3. The molecule has 1 N–H and O–H groups in total. The smallest absolute Gasteiger partial charge is 0.352 e. The number of hydrogen-bond acceptors (Lipinski definition) is 2. The van der Waals surface area contributed by atoms with Crippen LogP contribution in [0.2, 0.25) is 0 Å². The number of pyridine rings is 1. The molecule has 0 spiro atoms. The van der Waals surface area contributed by atoms with Crippen LogP contribution in [0.4, 0.5) is 13.2 Å². The zero-order chi connectivity index (χ0) is 22.2. The van der Waals surface area contributed by atoms with Gasteiger partial charge in [-0.15, -0.1) is 0 Å². The van der Waals surface area contributed by atoms with Crippen LogP contribution < -0.4 is 5.32 Å². The van der Waals surface area contributed by atoms with E-state index in [0.29, 0.717) is 23.3 Å². The highest BCUT2D eigenvalue weighted by molar-refractivity contribution is 7.80. The largest absolute Gasteiger partial charge is 0.416 e. The summed E-state index contributed by atoms with van der Waals surface area (Å²) in [7, 11) is 0. The molecular weight excluding hydrogens is 421 g/mol. The highest BCUT2D eigenvalue weighted by Crippen LogP contribution is 2.40. The van der Waals surface area contributed by atoms with E-state index in [-0.39, 0.29) is 12.1 Å². The molecule has 0 radical (unpaired) electrons. The van der Waals surface area contributed by atoms with Crippen molar-refractivity contribution < 1.29 is 13.2 Å². The van der Waals surface area contributed by atoms with Crippen LogP contribution in [-0.2, 0) is 6.18 Å². The minimum atomic E-state index is -4.40. The Labute approximate surface area is 184 Å². The second-order valence-electron chi connectivity index (χ2n) is 8.02. The topological polar surface area (TPSA) is 33.1 Å². The monoisotopic (exact) mass is 444 g/mol. The van der Waals surface area contributed by atoms with Crippen LogP contribution in [0.15, 0.2) is 67.0 Å². The second kappa shape index (κ2) is 8.34. The maximum Gasteiger partial charge on any atom is 0.416 e.